The fraction of sp³-hybridized carbons (Fsp3) is 0.0800. The molecule has 7 heteroatoms. The highest BCUT2D eigenvalue weighted by Gasteiger charge is 2.38. The Kier molecular flexibility index (Phi) is 6.05. The van der Waals surface area contributed by atoms with Crippen LogP contribution in [0.1, 0.15) is 22.8 Å². The molecule has 0 spiro atoms. The maximum absolute atomic E-state index is 12.9. The zero-order valence-corrected chi connectivity index (χ0v) is 18.0. The molecule has 0 unspecified atom stereocenters. The Bertz CT molecular complexity index is 1200. The van der Waals surface area contributed by atoms with Gasteiger partial charge in [0.2, 0.25) is 0 Å². The van der Waals surface area contributed by atoms with Gasteiger partial charge in [0.05, 0.1) is 5.69 Å². The van der Waals surface area contributed by atoms with E-state index in [-0.39, 0.29) is 16.6 Å². The third-order valence-electron chi connectivity index (χ3n) is 5.08. The van der Waals surface area contributed by atoms with Gasteiger partial charge in [-0.3, -0.25) is 14.4 Å². The van der Waals surface area contributed by atoms with Crippen molar-refractivity contribution in [3.05, 3.63) is 101 Å². The van der Waals surface area contributed by atoms with Gasteiger partial charge in [-0.05, 0) is 60.5 Å². The lowest BCUT2D eigenvalue weighted by Crippen LogP contribution is -2.32. The van der Waals surface area contributed by atoms with E-state index in [0.29, 0.717) is 22.6 Å². The normalized spacial score (nSPS) is 13.5. The van der Waals surface area contributed by atoms with Gasteiger partial charge in [-0.15, -0.1) is 0 Å². The molecule has 3 aromatic carbocycles. The van der Waals surface area contributed by atoms with Crippen molar-refractivity contribution in [1.29, 1.82) is 0 Å². The summed E-state index contributed by atoms with van der Waals surface area (Å²) in [6.07, 6.45) is 0.855. The second-order valence-electron chi connectivity index (χ2n) is 7.18. The Morgan fingerprint density at radius 3 is 2.12 bits per heavy atom. The molecule has 0 radical (unpaired) electrons. The average Bonchev–Trinajstić information content (AvgIpc) is 3.03. The summed E-state index contributed by atoms with van der Waals surface area (Å²) in [5.74, 6) is -1.37. The van der Waals surface area contributed by atoms with Crippen LogP contribution in [0.2, 0.25) is 0 Å². The molecule has 1 aliphatic rings. The minimum atomic E-state index is -0.581. The van der Waals surface area contributed by atoms with Crippen LogP contribution in [0.25, 0.3) is 0 Å². The number of carbonyl (C=O) groups excluding carboxylic acids is 3. The van der Waals surface area contributed by atoms with Gasteiger partial charge < -0.3 is 10.6 Å². The Hall–Kier alpha value is -3.90. The molecule has 160 valence electrons. The Morgan fingerprint density at radius 1 is 0.844 bits per heavy atom. The van der Waals surface area contributed by atoms with Crippen LogP contribution in [0, 0.1) is 0 Å². The Labute approximate surface area is 190 Å². The molecule has 0 saturated heterocycles. The number of hydrogen-bond acceptors (Lipinski definition) is 4. The van der Waals surface area contributed by atoms with Gasteiger partial charge in [0.1, 0.15) is 10.7 Å². The predicted octanol–water partition coefficient (Wildman–Crippen LogP) is 4.94. The van der Waals surface area contributed by atoms with Crippen molar-refractivity contribution in [1.82, 2.24) is 0 Å². The van der Waals surface area contributed by atoms with Crippen molar-refractivity contribution >= 4 is 46.4 Å². The molecule has 0 aliphatic carbocycles. The first kappa shape index (κ1) is 21.3. The number of para-hydroxylation sites is 1. The van der Waals surface area contributed by atoms with E-state index in [4.69, 9.17) is 11.6 Å². The number of carbonyl (C=O) groups is 3. The summed E-state index contributed by atoms with van der Waals surface area (Å²) in [4.78, 5) is 39.0. The predicted molar refractivity (Wildman–Crippen MR) is 126 cm³/mol. The zero-order valence-electron chi connectivity index (χ0n) is 17.3. The number of amides is 3. The topological polar surface area (TPSA) is 78.5 Å². The van der Waals surface area contributed by atoms with Crippen LogP contribution in [0.5, 0.6) is 0 Å². The van der Waals surface area contributed by atoms with Crippen LogP contribution in [0.4, 0.5) is 17.1 Å². The van der Waals surface area contributed by atoms with E-state index >= 15 is 0 Å². The fourth-order valence-corrected chi connectivity index (χ4v) is 3.51. The zero-order chi connectivity index (χ0) is 22.7. The van der Waals surface area contributed by atoms with Crippen molar-refractivity contribution in [3.63, 3.8) is 0 Å². The molecule has 0 saturated carbocycles. The third kappa shape index (κ3) is 4.26. The Morgan fingerprint density at radius 2 is 1.50 bits per heavy atom. The maximum Gasteiger partial charge on any atom is 0.283 e. The maximum atomic E-state index is 12.9. The number of hydrogen-bond donors (Lipinski definition) is 2. The number of anilines is 3. The van der Waals surface area contributed by atoms with E-state index in [1.54, 1.807) is 48.5 Å². The molecule has 4 rings (SSSR count). The van der Waals surface area contributed by atoms with Crippen molar-refractivity contribution < 1.29 is 14.4 Å². The standard InChI is InChI=1S/C25H20ClN3O3/c1-2-16-8-14-20(15-9-16)29-24(31)21(26)22(25(29)32)27-19-12-10-17(11-13-19)23(30)28-18-6-4-3-5-7-18/h3-15,27H,2H2,1H3,(H,28,30). The molecule has 6 nitrogen and oxygen atoms in total. The molecule has 0 bridgehead atoms. The van der Waals surface area contributed by atoms with Crippen LogP contribution in [-0.4, -0.2) is 17.7 Å². The van der Waals surface area contributed by atoms with Gasteiger partial charge >= 0.3 is 0 Å². The number of halogens is 1. The molecule has 0 atom stereocenters. The highest BCUT2D eigenvalue weighted by atomic mass is 35.5. The van der Waals surface area contributed by atoms with Crippen LogP contribution < -0.4 is 15.5 Å². The summed E-state index contributed by atoms with van der Waals surface area (Å²) in [6, 6.07) is 22.9. The SMILES string of the molecule is CCc1ccc(N2C(=O)C(Cl)=C(Nc3ccc(C(=O)Nc4ccccc4)cc3)C2=O)cc1. The first-order chi connectivity index (χ1) is 15.5. The molecular weight excluding hydrogens is 426 g/mol. The van der Waals surface area contributed by atoms with Crippen molar-refractivity contribution in [2.45, 2.75) is 13.3 Å². The van der Waals surface area contributed by atoms with Gasteiger partial charge in [-0.2, -0.15) is 0 Å². The molecule has 3 aromatic rings. The number of imide groups is 1. The van der Waals surface area contributed by atoms with E-state index in [1.807, 2.05) is 37.3 Å². The van der Waals surface area contributed by atoms with E-state index in [1.165, 1.54) is 0 Å². The molecule has 3 amide bonds. The number of aryl methyl sites for hydroxylation is 1. The molecule has 2 N–H and O–H groups in total. The van der Waals surface area contributed by atoms with Crippen molar-refractivity contribution in [2.24, 2.45) is 0 Å². The first-order valence-corrected chi connectivity index (χ1v) is 10.5. The largest absolute Gasteiger partial charge is 0.350 e. The first-order valence-electron chi connectivity index (χ1n) is 10.1. The van der Waals surface area contributed by atoms with Gasteiger partial charge in [-0.25, -0.2) is 4.90 Å². The second kappa shape index (κ2) is 9.08. The summed E-state index contributed by atoms with van der Waals surface area (Å²) in [5.41, 5.74) is 3.22. The highest BCUT2D eigenvalue weighted by molar-refractivity contribution is 6.53. The molecular formula is C25H20ClN3O3. The number of rotatable bonds is 6. The van der Waals surface area contributed by atoms with Crippen molar-refractivity contribution in [3.8, 4) is 0 Å². The monoisotopic (exact) mass is 445 g/mol. The summed E-state index contributed by atoms with van der Waals surface area (Å²) >= 11 is 6.19. The third-order valence-corrected chi connectivity index (χ3v) is 5.43. The lowest BCUT2D eigenvalue weighted by Gasteiger charge is -2.15. The second-order valence-corrected chi connectivity index (χ2v) is 7.56. The summed E-state index contributed by atoms with van der Waals surface area (Å²) in [5, 5.41) is 5.54. The summed E-state index contributed by atoms with van der Waals surface area (Å²) in [7, 11) is 0. The molecule has 0 aromatic heterocycles. The lowest BCUT2D eigenvalue weighted by molar-refractivity contribution is -0.120. The highest BCUT2D eigenvalue weighted by Crippen LogP contribution is 2.30. The van der Waals surface area contributed by atoms with Crippen LogP contribution in [0.15, 0.2) is 89.6 Å². The summed E-state index contributed by atoms with van der Waals surface area (Å²) < 4.78 is 0. The van der Waals surface area contributed by atoms with Crippen LogP contribution in [0.3, 0.4) is 0 Å². The van der Waals surface area contributed by atoms with E-state index < -0.39 is 11.8 Å². The Balaban J connectivity index is 1.48. The number of benzene rings is 3. The van der Waals surface area contributed by atoms with Gasteiger partial charge in [-0.1, -0.05) is 48.9 Å². The quantitative estimate of drug-likeness (QED) is 0.527. The minimum Gasteiger partial charge on any atom is -0.350 e. The van der Waals surface area contributed by atoms with E-state index in [9.17, 15) is 14.4 Å². The lowest BCUT2D eigenvalue weighted by atomic mass is 10.1. The molecule has 32 heavy (non-hydrogen) atoms. The van der Waals surface area contributed by atoms with Crippen LogP contribution >= 0.6 is 11.6 Å². The average molecular weight is 446 g/mol. The van der Waals surface area contributed by atoms with E-state index in [0.717, 1.165) is 16.9 Å². The van der Waals surface area contributed by atoms with Gasteiger partial charge in [0.15, 0.2) is 0 Å². The number of nitrogens with one attached hydrogen (secondary N) is 2. The summed E-state index contributed by atoms with van der Waals surface area (Å²) in [6.45, 7) is 2.03. The fourth-order valence-electron chi connectivity index (χ4n) is 3.30. The minimum absolute atomic E-state index is 0.00211. The molecule has 1 aliphatic heterocycles. The smallest absolute Gasteiger partial charge is 0.283 e. The van der Waals surface area contributed by atoms with Gasteiger partial charge in [0.25, 0.3) is 17.7 Å². The van der Waals surface area contributed by atoms with Gasteiger partial charge in [0, 0.05) is 16.9 Å². The number of nitrogens with zero attached hydrogens (tertiary/aromatic N) is 1. The molecule has 0 fully saturated rings. The molecule has 1 heterocycles. The van der Waals surface area contributed by atoms with Crippen LogP contribution in [-0.2, 0) is 16.0 Å². The van der Waals surface area contributed by atoms with Crippen molar-refractivity contribution in [2.75, 3.05) is 15.5 Å². The van der Waals surface area contributed by atoms with E-state index in [2.05, 4.69) is 10.6 Å².